The van der Waals surface area contributed by atoms with Crippen LogP contribution < -0.4 is 5.32 Å². The summed E-state index contributed by atoms with van der Waals surface area (Å²) >= 11 is 0. The van der Waals surface area contributed by atoms with Crippen LogP contribution in [0.1, 0.15) is 27.2 Å². The molecule has 0 heterocycles. The van der Waals surface area contributed by atoms with Crippen molar-refractivity contribution in [3.8, 4) is 0 Å². The smallest absolute Gasteiger partial charge is 0.0518 e. The van der Waals surface area contributed by atoms with Crippen LogP contribution in [-0.4, -0.2) is 50.8 Å². The first-order valence-electron chi connectivity index (χ1n) is 5.67. The van der Waals surface area contributed by atoms with Crippen LogP contribution in [0.25, 0.3) is 0 Å². The zero-order chi connectivity index (χ0) is 10.8. The van der Waals surface area contributed by atoms with Gasteiger partial charge in [-0.1, -0.05) is 6.92 Å². The number of ether oxygens (including phenoxy) is 1. The maximum Gasteiger partial charge on any atom is 0.0518 e. The molecule has 0 aromatic heterocycles. The van der Waals surface area contributed by atoms with Gasteiger partial charge in [0.05, 0.1) is 6.10 Å². The predicted molar refractivity (Wildman–Crippen MR) is 61.7 cm³/mol. The molecule has 0 spiro atoms. The summed E-state index contributed by atoms with van der Waals surface area (Å²) in [5, 5.41) is 3.40. The van der Waals surface area contributed by atoms with Crippen LogP contribution in [0.15, 0.2) is 0 Å². The minimum atomic E-state index is 0.362. The summed E-state index contributed by atoms with van der Waals surface area (Å²) in [5.74, 6) is 0. The fraction of sp³-hybridized carbons (Fsp3) is 1.00. The summed E-state index contributed by atoms with van der Waals surface area (Å²) in [5.41, 5.74) is 0. The Labute approximate surface area is 88.8 Å². The van der Waals surface area contributed by atoms with Crippen molar-refractivity contribution in [2.75, 3.05) is 39.8 Å². The zero-order valence-electron chi connectivity index (χ0n) is 10.2. The van der Waals surface area contributed by atoms with E-state index in [1.54, 1.807) is 0 Å². The van der Waals surface area contributed by atoms with Crippen molar-refractivity contribution >= 4 is 0 Å². The molecule has 0 atom stereocenters. The third-order valence-electron chi connectivity index (χ3n) is 2.16. The Balaban J connectivity index is 2.99. The maximum absolute atomic E-state index is 5.44. The molecule has 0 amide bonds. The van der Waals surface area contributed by atoms with Gasteiger partial charge in [0, 0.05) is 19.7 Å². The molecule has 3 heteroatoms. The fourth-order valence-electron chi connectivity index (χ4n) is 1.07. The molecule has 0 radical (unpaired) electrons. The van der Waals surface area contributed by atoms with Crippen molar-refractivity contribution in [3.05, 3.63) is 0 Å². The predicted octanol–water partition coefficient (Wildman–Crippen LogP) is 1.34. The molecule has 0 rings (SSSR count). The van der Waals surface area contributed by atoms with Crippen molar-refractivity contribution in [1.29, 1.82) is 0 Å². The lowest BCUT2D eigenvalue weighted by Crippen LogP contribution is -2.30. The number of likely N-dealkylation sites (N-methyl/N-ethyl adjacent to an activating group) is 1. The van der Waals surface area contributed by atoms with Crippen LogP contribution in [0, 0.1) is 0 Å². The minimum Gasteiger partial charge on any atom is -0.379 e. The van der Waals surface area contributed by atoms with E-state index in [2.05, 4.69) is 38.0 Å². The van der Waals surface area contributed by atoms with Crippen LogP contribution in [0.3, 0.4) is 0 Å². The molecular formula is C11H26N2O. The molecule has 0 aliphatic rings. The Morgan fingerprint density at radius 2 is 2.00 bits per heavy atom. The molecule has 0 fully saturated rings. The van der Waals surface area contributed by atoms with Crippen LogP contribution in [0.5, 0.6) is 0 Å². The first kappa shape index (κ1) is 13.9. The third kappa shape index (κ3) is 9.96. The highest BCUT2D eigenvalue weighted by Gasteiger charge is 1.94. The molecule has 1 N–H and O–H groups in total. The van der Waals surface area contributed by atoms with Gasteiger partial charge in [-0.25, -0.2) is 0 Å². The van der Waals surface area contributed by atoms with Crippen LogP contribution >= 0.6 is 0 Å². The SMILES string of the molecule is CCN(C)CCNCCCOC(C)C. The van der Waals surface area contributed by atoms with Gasteiger partial charge in [0.15, 0.2) is 0 Å². The summed E-state index contributed by atoms with van der Waals surface area (Å²) in [6, 6.07) is 0. The lowest BCUT2D eigenvalue weighted by atomic mass is 10.4. The van der Waals surface area contributed by atoms with Crippen molar-refractivity contribution in [1.82, 2.24) is 10.2 Å². The number of hydrogen-bond donors (Lipinski definition) is 1. The molecule has 14 heavy (non-hydrogen) atoms. The summed E-state index contributed by atoms with van der Waals surface area (Å²) in [7, 11) is 2.14. The van der Waals surface area contributed by atoms with Gasteiger partial charge in [-0.2, -0.15) is 0 Å². The second-order valence-corrected chi connectivity index (χ2v) is 3.92. The summed E-state index contributed by atoms with van der Waals surface area (Å²) in [6.07, 6.45) is 1.47. The monoisotopic (exact) mass is 202 g/mol. The second kappa shape index (κ2) is 9.44. The van der Waals surface area contributed by atoms with Gasteiger partial charge in [-0.3, -0.25) is 0 Å². The normalized spacial score (nSPS) is 11.6. The summed E-state index contributed by atoms with van der Waals surface area (Å²) < 4.78 is 5.44. The molecule has 0 aromatic carbocycles. The van der Waals surface area contributed by atoms with E-state index in [0.717, 1.165) is 39.2 Å². The lowest BCUT2D eigenvalue weighted by Gasteiger charge is -2.14. The lowest BCUT2D eigenvalue weighted by molar-refractivity contribution is 0.0770. The topological polar surface area (TPSA) is 24.5 Å². The molecule has 0 aromatic rings. The molecule has 0 saturated carbocycles. The molecular weight excluding hydrogens is 176 g/mol. The van der Waals surface area contributed by atoms with Gasteiger partial charge in [-0.05, 0) is 40.4 Å². The summed E-state index contributed by atoms with van der Waals surface area (Å²) in [6.45, 7) is 11.6. The van der Waals surface area contributed by atoms with Crippen molar-refractivity contribution in [3.63, 3.8) is 0 Å². The minimum absolute atomic E-state index is 0.362. The highest BCUT2D eigenvalue weighted by Crippen LogP contribution is 1.88. The number of hydrogen-bond acceptors (Lipinski definition) is 3. The highest BCUT2D eigenvalue weighted by molar-refractivity contribution is 4.52. The Morgan fingerprint density at radius 3 is 2.57 bits per heavy atom. The Hall–Kier alpha value is -0.120. The number of rotatable bonds is 9. The van der Waals surface area contributed by atoms with E-state index >= 15 is 0 Å². The molecule has 0 bridgehead atoms. The van der Waals surface area contributed by atoms with Crippen molar-refractivity contribution in [2.24, 2.45) is 0 Å². The fourth-order valence-corrected chi connectivity index (χ4v) is 1.07. The van der Waals surface area contributed by atoms with Gasteiger partial charge in [0.1, 0.15) is 0 Å². The standard InChI is InChI=1S/C11H26N2O/c1-5-13(4)9-8-12-7-6-10-14-11(2)3/h11-12H,5-10H2,1-4H3. The van der Waals surface area contributed by atoms with Crippen LogP contribution in [0.4, 0.5) is 0 Å². The Morgan fingerprint density at radius 1 is 1.29 bits per heavy atom. The second-order valence-electron chi connectivity index (χ2n) is 3.92. The van der Waals surface area contributed by atoms with Gasteiger partial charge < -0.3 is 15.0 Å². The third-order valence-corrected chi connectivity index (χ3v) is 2.16. The average molecular weight is 202 g/mol. The van der Waals surface area contributed by atoms with E-state index in [0.29, 0.717) is 6.10 Å². The van der Waals surface area contributed by atoms with E-state index in [4.69, 9.17) is 4.74 Å². The van der Waals surface area contributed by atoms with Gasteiger partial charge in [0.25, 0.3) is 0 Å². The van der Waals surface area contributed by atoms with Crippen LogP contribution in [0.2, 0.25) is 0 Å². The van der Waals surface area contributed by atoms with E-state index in [1.165, 1.54) is 0 Å². The highest BCUT2D eigenvalue weighted by atomic mass is 16.5. The van der Waals surface area contributed by atoms with Gasteiger partial charge >= 0.3 is 0 Å². The summed E-state index contributed by atoms with van der Waals surface area (Å²) in [4.78, 5) is 2.30. The molecule has 0 unspecified atom stereocenters. The Bertz CT molecular complexity index is 118. The largest absolute Gasteiger partial charge is 0.379 e. The number of nitrogens with one attached hydrogen (secondary N) is 1. The maximum atomic E-state index is 5.44. The zero-order valence-corrected chi connectivity index (χ0v) is 10.2. The average Bonchev–Trinajstić information content (AvgIpc) is 2.15. The van der Waals surface area contributed by atoms with Crippen molar-refractivity contribution < 1.29 is 4.74 Å². The number of nitrogens with zero attached hydrogens (tertiary/aromatic N) is 1. The molecule has 86 valence electrons. The van der Waals surface area contributed by atoms with Crippen LogP contribution in [-0.2, 0) is 4.74 Å². The molecule has 0 aliphatic heterocycles. The van der Waals surface area contributed by atoms with E-state index in [-0.39, 0.29) is 0 Å². The van der Waals surface area contributed by atoms with E-state index < -0.39 is 0 Å². The Kier molecular flexibility index (Phi) is 9.35. The van der Waals surface area contributed by atoms with Gasteiger partial charge in [-0.15, -0.1) is 0 Å². The molecule has 0 saturated heterocycles. The molecule has 3 nitrogen and oxygen atoms in total. The van der Waals surface area contributed by atoms with Crippen molar-refractivity contribution in [2.45, 2.75) is 33.3 Å². The van der Waals surface area contributed by atoms with Gasteiger partial charge in [0.2, 0.25) is 0 Å². The first-order chi connectivity index (χ1) is 6.66. The van der Waals surface area contributed by atoms with E-state index in [1.807, 2.05) is 0 Å². The van der Waals surface area contributed by atoms with E-state index in [9.17, 15) is 0 Å². The molecule has 0 aliphatic carbocycles. The quantitative estimate of drug-likeness (QED) is 0.571. The first-order valence-corrected chi connectivity index (χ1v) is 5.67.